The molecule has 198 valence electrons. The third-order valence-electron chi connectivity index (χ3n) is 12.5. The van der Waals surface area contributed by atoms with E-state index in [1.807, 2.05) is 0 Å². The van der Waals surface area contributed by atoms with Gasteiger partial charge in [0, 0.05) is 48.4 Å². The highest BCUT2D eigenvalue weighted by Gasteiger charge is 2.78. The van der Waals surface area contributed by atoms with Crippen molar-refractivity contribution in [1.29, 1.82) is 0 Å². The summed E-state index contributed by atoms with van der Waals surface area (Å²) in [5.74, 6) is 3.68. The number of pyridine rings is 2. The molecule has 0 saturated heterocycles. The van der Waals surface area contributed by atoms with Gasteiger partial charge in [0.25, 0.3) is 0 Å². The van der Waals surface area contributed by atoms with E-state index in [0.717, 1.165) is 17.8 Å². The van der Waals surface area contributed by atoms with E-state index in [0.29, 0.717) is 11.8 Å². The zero-order chi connectivity index (χ0) is 25.2. The summed E-state index contributed by atoms with van der Waals surface area (Å²) in [4.78, 5) is 0. The highest BCUT2D eigenvalue weighted by atomic mass is 15.2. The average Bonchev–Trinajstić information content (AvgIpc) is 2.97. The molecule has 0 radical (unpaired) electrons. The van der Waals surface area contributed by atoms with Gasteiger partial charge in [0.05, 0.1) is 11.8 Å². The fraction of sp³-hybridized carbons (Fsp3) is 0.714. The molecule has 7 rings (SSSR count). The molecule has 3 aliphatic carbocycles. The van der Waals surface area contributed by atoms with E-state index in [4.69, 9.17) is 0 Å². The lowest BCUT2D eigenvalue weighted by Gasteiger charge is -2.59. The van der Waals surface area contributed by atoms with E-state index in [2.05, 4.69) is 66.6 Å². The maximum absolute atomic E-state index is 3.03. The standard InChI is InChI=1S/C35H50N2/c1-4-34-31-20-12-10-18-28(31)33-23-25(3)29(26-15-7-6-8-16-26)24-37(33)35(34,5-2)30-19-11-9-17-27(30)32-21-13-14-22-36(32)34/h13-14,21-24,26-28,30-31H,4-12,15-20H2,1-3H3/q+2. The van der Waals surface area contributed by atoms with Gasteiger partial charge in [0.1, 0.15) is 0 Å². The molecular formula is C35H50N2+2. The molecule has 0 aromatic carbocycles. The van der Waals surface area contributed by atoms with Gasteiger partial charge in [-0.1, -0.05) is 64.9 Å². The Morgan fingerprint density at radius 1 is 0.703 bits per heavy atom. The number of nitrogens with zero attached hydrogens (tertiary/aromatic N) is 2. The minimum Gasteiger partial charge on any atom is -0.189 e. The molecule has 3 fully saturated rings. The van der Waals surface area contributed by atoms with Crippen LogP contribution in [0.15, 0.2) is 36.7 Å². The fourth-order valence-corrected chi connectivity index (χ4v) is 11.3. The van der Waals surface area contributed by atoms with Gasteiger partial charge < -0.3 is 0 Å². The van der Waals surface area contributed by atoms with Crippen LogP contribution >= 0.6 is 0 Å². The van der Waals surface area contributed by atoms with E-state index in [9.17, 15) is 0 Å². The molecule has 0 N–H and O–H groups in total. The molecule has 2 aromatic rings. The Hall–Kier alpha value is -1.70. The lowest BCUT2D eigenvalue weighted by atomic mass is 9.47. The molecule has 2 aromatic heterocycles. The molecule has 2 aliphatic heterocycles. The fourth-order valence-electron chi connectivity index (χ4n) is 11.3. The van der Waals surface area contributed by atoms with Crippen LogP contribution in [-0.2, 0) is 11.1 Å². The maximum Gasteiger partial charge on any atom is 0.235 e. The van der Waals surface area contributed by atoms with Crippen LogP contribution in [-0.4, -0.2) is 0 Å². The molecule has 6 unspecified atom stereocenters. The van der Waals surface area contributed by atoms with Crippen LogP contribution in [0.5, 0.6) is 0 Å². The van der Waals surface area contributed by atoms with E-state index in [1.54, 1.807) is 22.5 Å². The molecule has 5 aliphatic rings. The Morgan fingerprint density at radius 2 is 1.30 bits per heavy atom. The molecule has 6 atom stereocenters. The van der Waals surface area contributed by atoms with Crippen LogP contribution in [0.25, 0.3) is 0 Å². The lowest BCUT2D eigenvalue weighted by Crippen LogP contribution is -2.88. The van der Waals surface area contributed by atoms with Gasteiger partial charge in [-0.25, -0.2) is 0 Å². The second-order valence-electron chi connectivity index (χ2n) is 13.6. The molecule has 0 spiro atoms. The number of fused-ring (bicyclic) bond motifs is 11. The maximum atomic E-state index is 3.03. The van der Waals surface area contributed by atoms with Gasteiger partial charge in [-0.3, -0.25) is 0 Å². The molecule has 0 amide bonds. The van der Waals surface area contributed by atoms with Crippen molar-refractivity contribution in [3.05, 3.63) is 59.2 Å². The monoisotopic (exact) mass is 498 g/mol. The van der Waals surface area contributed by atoms with E-state index in [1.165, 1.54) is 96.3 Å². The van der Waals surface area contributed by atoms with Gasteiger partial charge >= 0.3 is 0 Å². The van der Waals surface area contributed by atoms with Crippen LogP contribution in [0, 0.1) is 18.8 Å². The Labute approximate surface area is 225 Å². The van der Waals surface area contributed by atoms with Gasteiger partial charge in [-0.2, -0.15) is 9.13 Å². The van der Waals surface area contributed by atoms with Crippen molar-refractivity contribution in [1.82, 2.24) is 0 Å². The summed E-state index contributed by atoms with van der Waals surface area (Å²) in [6, 6.07) is 9.95. The Kier molecular flexibility index (Phi) is 6.05. The van der Waals surface area contributed by atoms with Crippen LogP contribution < -0.4 is 9.13 Å². The summed E-state index contributed by atoms with van der Waals surface area (Å²) in [5.41, 5.74) is 7.05. The average molecular weight is 499 g/mol. The minimum absolute atomic E-state index is 0.177. The van der Waals surface area contributed by atoms with E-state index < -0.39 is 0 Å². The molecular weight excluding hydrogens is 448 g/mol. The largest absolute Gasteiger partial charge is 0.235 e. The van der Waals surface area contributed by atoms with Crippen LogP contribution in [0.3, 0.4) is 0 Å². The quantitative estimate of drug-likeness (QED) is 0.378. The molecule has 4 heterocycles. The summed E-state index contributed by atoms with van der Waals surface area (Å²) in [6.45, 7) is 7.59. The molecule has 37 heavy (non-hydrogen) atoms. The first-order chi connectivity index (χ1) is 18.2. The van der Waals surface area contributed by atoms with Crippen LogP contribution in [0.4, 0.5) is 0 Å². The Morgan fingerprint density at radius 3 is 1.97 bits per heavy atom. The molecule has 0 bridgehead atoms. The summed E-state index contributed by atoms with van der Waals surface area (Å²) >= 11 is 0. The summed E-state index contributed by atoms with van der Waals surface area (Å²) in [5, 5.41) is 0. The summed E-state index contributed by atoms with van der Waals surface area (Å²) in [6.07, 6.45) is 26.1. The van der Waals surface area contributed by atoms with Crippen LogP contribution in [0.1, 0.15) is 150 Å². The predicted molar refractivity (Wildman–Crippen MR) is 150 cm³/mol. The SMILES string of the molecule is CCC12C3CCCCC3c3cc(C)c(C4CCCCC4)c[n+]3C1(CC)C1CCCCC1c1cccc[n+]12. The van der Waals surface area contributed by atoms with Crippen LogP contribution in [0.2, 0.25) is 0 Å². The predicted octanol–water partition coefficient (Wildman–Crippen LogP) is 8.10. The van der Waals surface area contributed by atoms with Crippen molar-refractivity contribution in [2.45, 2.75) is 146 Å². The smallest absolute Gasteiger partial charge is 0.189 e. The van der Waals surface area contributed by atoms with Crippen molar-refractivity contribution in [3.8, 4) is 0 Å². The van der Waals surface area contributed by atoms with Crippen molar-refractivity contribution in [2.75, 3.05) is 0 Å². The number of hydrogen-bond donors (Lipinski definition) is 0. The minimum atomic E-state index is 0.177. The lowest BCUT2D eigenvalue weighted by molar-refractivity contribution is -0.916. The first-order valence-electron chi connectivity index (χ1n) is 16.2. The molecule has 2 heteroatoms. The van der Waals surface area contributed by atoms with Crippen molar-refractivity contribution in [3.63, 3.8) is 0 Å². The highest BCUT2D eigenvalue weighted by molar-refractivity contribution is 5.31. The zero-order valence-corrected chi connectivity index (χ0v) is 23.9. The number of hydrogen-bond acceptors (Lipinski definition) is 0. The molecule has 3 saturated carbocycles. The third-order valence-corrected chi connectivity index (χ3v) is 12.5. The third kappa shape index (κ3) is 3.17. The van der Waals surface area contributed by atoms with E-state index in [-0.39, 0.29) is 11.1 Å². The topological polar surface area (TPSA) is 7.76 Å². The van der Waals surface area contributed by atoms with Gasteiger partial charge in [-0.05, 0) is 56.9 Å². The van der Waals surface area contributed by atoms with Gasteiger partial charge in [0.2, 0.25) is 11.1 Å². The van der Waals surface area contributed by atoms with Crippen molar-refractivity contribution in [2.24, 2.45) is 11.8 Å². The summed E-state index contributed by atoms with van der Waals surface area (Å²) < 4.78 is 5.95. The Balaban J connectivity index is 1.56. The van der Waals surface area contributed by atoms with Crippen molar-refractivity contribution >= 4 is 0 Å². The Bertz CT molecular complexity index is 1160. The normalized spacial score (nSPS) is 37.1. The summed E-state index contributed by atoms with van der Waals surface area (Å²) in [7, 11) is 0. The first-order valence-corrected chi connectivity index (χ1v) is 16.2. The first kappa shape index (κ1) is 24.3. The number of rotatable bonds is 3. The second-order valence-corrected chi connectivity index (χ2v) is 13.6. The van der Waals surface area contributed by atoms with Gasteiger partial charge in [0.15, 0.2) is 23.8 Å². The highest BCUT2D eigenvalue weighted by Crippen LogP contribution is 2.63. The number of aromatic nitrogens is 2. The second kappa shape index (κ2) is 9.20. The molecule has 2 nitrogen and oxygen atoms in total. The number of aryl methyl sites for hydroxylation is 1. The van der Waals surface area contributed by atoms with Crippen molar-refractivity contribution < 1.29 is 9.13 Å². The van der Waals surface area contributed by atoms with Gasteiger partial charge in [-0.15, -0.1) is 0 Å². The van der Waals surface area contributed by atoms with E-state index >= 15 is 0 Å². The zero-order valence-electron chi connectivity index (χ0n) is 23.9.